The van der Waals surface area contributed by atoms with E-state index in [1.54, 1.807) is 0 Å². The Morgan fingerprint density at radius 1 is 1.25 bits per heavy atom. The number of nitrogens with one attached hydrogen (secondary N) is 1. The number of pyridine rings is 1. The Morgan fingerprint density at radius 2 is 2.05 bits per heavy atom. The fourth-order valence-electron chi connectivity index (χ4n) is 3.09. The third-order valence-corrected chi connectivity index (χ3v) is 4.20. The maximum absolute atomic E-state index is 12.0. The van der Waals surface area contributed by atoms with Crippen molar-refractivity contribution < 1.29 is 4.74 Å². The number of aromatic nitrogens is 1. The molecule has 3 heteroatoms. The van der Waals surface area contributed by atoms with Crippen LogP contribution in [-0.2, 0) is 6.42 Å². The van der Waals surface area contributed by atoms with Gasteiger partial charge in [-0.25, -0.2) is 0 Å². The second-order valence-electron chi connectivity index (χ2n) is 5.55. The number of H-pyrrole nitrogens is 1. The van der Waals surface area contributed by atoms with Gasteiger partial charge in [0.05, 0.1) is 11.5 Å². The minimum atomic E-state index is -0.0358. The van der Waals surface area contributed by atoms with Crippen LogP contribution >= 0.6 is 0 Å². The Balaban J connectivity index is 2.05. The van der Waals surface area contributed by atoms with Gasteiger partial charge < -0.3 is 9.72 Å². The van der Waals surface area contributed by atoms with Gasteiger partial charge >= 0.3 is 0 Å². The van der Waals surface area contributed by atoms with Gasteiger partial charge in [0.25, 0.3) is 5.56 Å². The van der Waals surface area contributed by atoms with E-state index in [9.17, 15) is 4.79 Å². The first-order chi connectivity index (χ1) is 9.79. The van der Waals surface area contributed by atoms with Gasteiger partial charge in [-0.3, -0.25) is 4.79 Å². The molecule has 1 aromatic carbocycles. The number of rotatable bonds is 3. The number of benzene rings is 1. The summed E-state index contributed by atoms with van der Waals surface area (Å²) in [5, 5.41) is 1.72. The van der Waals surface area contributed by atoms with Crippen molar-refractivity contribution >= 4 is 10.8 Å². The Morgan fingerprint density at radius 3 is 2.80 bits per heavy atom. The maximum Gasteiger partial charge on any atom is 0.255 e. The Bertz CT molecular complexity index is 654. The molecule has 1 N–H and O–H groups in total. The van der Waals surface area contributed by atoms with Crippen LogP contribution in [0.15, 0.2) is 29.2 Å². The Kier molecular flexibility index (Phi) is 3.77. The lowest BCUT2D eigenvalue weighted by Crippen LogP contribution is -2.20. The molecule has 0 unspecified atom stereocenters. The smallest absolute Gasteiger partial charge is 0.255 e. The minimum absolute atomic E-state index is 0.0358. The summed E-state index contributed by atoms with van der Waals surface area (Å²) in [6, 6.07) is 5.78. The van der Waals surface area contributed by atoms with Gasteiger partial charge in [0, 0.05) is 11.6 Å². The van der Waals surface area contributed by atoms with Crippen LogP contribution < -0.4 is 10.3 Å². The summed E-state index contributed by atoms with van der Waals surface area (Å²) in [5.41, 5.74) is 1.11. The third kappa shape index (κ3) is 2.45. The summed E-state index contributed by atoms with van der Waals surface area (Å²) >= 11 is 0. The lowest BCUT2D eigenvalue weighted by atomic mass is 9.97. The van der Waals surface area contributed by atoms with Gasteiger partial charge in [-0.1, -0.05) is 19.4 Å². The number of ether oxygens (including phenoxy) is 1. The van der Waals surface area contributed by atoms with Crippen molar-refractivity contribution in [2.45, 2.75) is 51.6 Å². The van der Waals surface area contributed by atoms with Crippen LogP contribution in [0.4, 0.5) is 0 Å². The average Bonchev–Trinajstić information content (AvgIpc) is 2.49. The normalized spacial score (nSPS) is 16.4. The fraction of sp³-hybridized carbons (Fsp3) is 0.471. The first kappa shape index (κ1) is 13.2. The van der Waals surface area contributed by atoms with Crippen LogP contribution in [0, 0.1) is 0 Å². The largest absolute Gasteiger partial charge is 0.490 e. The highest BCUT2D eigenvalue weighted by Gasteiger charge is 2.17. The van der Waals surface area contributed by atoms with Crippen molar-refractivity contribution in [3.8, 4) is 5.75 Å². The van der Waals surface area contributed by atoms with Crippen LogP contribution in [-0.4, -0.2) is 11.1 Å². The molecule has 0 saturated heterocycles. The zero-order valence-electron chi connectivity index (χ0n) is 11.9. The van der Waals surface area contributed by atoms with Gasteiger partial charge in [-0.05, 0) is 49.8 Å². The van der Waals surface area contributed by atoms with Crippen LogP contribution in [0.25, 0.3) is 10.8 Å². The van der Waals surface area contributed by atoms with Crippen LogP contribution in [0.5, 0.6) is 5.75 Å². The van der Waals surface area contributed by atoms with E-state index in [0.29, 0.717) is 6.10 Å². The van der Waals surface area contributed by atoms with Crippen LogP contribution in [0.2, 0.25) is 0 Å². The van der Waals surface area contributed by atoms with E-state index in [2.05, 4.69) is 11.9 Å². The van der Waals surface area contributed by atoms with E-state index in [-0.39, 0.29) is 5.56 Å². The minimum Gasteiger partial charge on any atom is -0.490 e. The zero-order valence-corrected chi connectivity index (χ0v) is 11.9. The molecule has 0 aliphatic heterocycles. The quantitative estimate of drug-likeness (QED) is 0.922. The van der Waals surface area contributed by atoms with E-state index in [1.165, 1.54) is 19.3 Å². The Hall–Kier alpha value is -1.77. The molecule has 1 aliphatic carbocycles. The molecule has 1 saturated carbocycles. The highest BCUT2D eigenvalue weighted by Crippen LogP contribution is 2.30. The summed E-state index contributed by atoms with van der Waals surface area (Å²) in [6.45, 7) is 2.10. The van der Waals surface area contributed by atoms with Crippen molar-refractivity contribution in [1.29, 1.82) is 0 Å². The highest BCUT2D eigenvalue weighted by molar-refractivity contribution is 5.90. The molecule has 2 aromatic rings. The molecule has 3 rings (SSSR count). The van der Waals surface area contributed by atoms with E-state index in [1.807, 2.05) is 24.4 Å². The van der Waals surface area contributed by atoms with Gasteiger partial charge in [-0.15, -0.1) is 0 Å². The molecule has 1 fully saturated rings. The number of aryl methyl sites for hydroxylation is 1. The van der Waals surface area contributed by atoms with E-state index in [4.69, 9.17) is 4.74 Å². The predicted molar refractivity (Wildman–Crippen MR) is 81.4 cm³/mol. The number of hydrogen-bond donors (Lipinski definition) is 1. The monoisotopic (exact) mass is 271 g/mol. The SMILES string of the molecule is CCc1c[nH]c(=O)c2cccc(OC3CCCCC3)c12. The standard InChI is InChI=1S/C17H21NO2/c1-2-12-11-18-17(19)14-9-6-10-15(16(12)14)20-13-7-4-3-5-8-13/h6,9-11,13H,2-5,7-8H2,1H3,(H,18,19). The van der Waals surface area contributed by atoms with Gasteiger partial charge in [0.15, 0.2) is 0 Å². The maximum atomic E-state index is 12.0. The molecule has 1 aliphatic rings. The molecule has 3 nitrogen and oxygen atoms in total. The molecular weight excluding hydrogens is 250 g/mol. The predicted octanol–water partition coefficient (Wildman–Crippen LogP) is 3.80. The highest BCUT2D eigenvalue weighted by atomic mass is 16.5. The van der Waals surface area contributed by atoms with Gasteiger partial charge in [-0.2, -0.15) is 0 Å². The van der Waals surface area contributed by atoms with Crippen LogP contribution in [0.1, 0.15) is 44.6 Å². The van der Waals surface area contributed by atoms with Crippen LogP contribution in [0.3, 0.4) is 0 Å². The zero-order chi connectivity index (χ0) is 13.9. The molecular formula is C17H21NO2. The van der Waals surface area contributed by atoms with Crippen molar-refractivity contribution in [2.75, 3.05) is 0 Å². The summed E-state index contributed by atoms with van der Waals surface area (Å²) in [5.74, 6) is 0.873. The average molecular weight is 271 g/mol. The van der Waals surface area contributed by atoms with Gasteiger partial charge in [0.1, 0.15) is 5.75 Å². The molecule has 0 spiro atoms. The van der Waals surface area contributed by atoms with E-state index in [0.717, 1.165) is 41.3 Å². The lowest BCUT2D eigenvalue weighted by Gasteiger charge is -2.24. The number of fused-ring (bicyclic) bond motifs is 1. The van der Waals surface area contributed by atoms with Crippen molar-refractivity contribution in [3.63, 3.8) is 0 Å². The first-order valence-electron chi connectivity index (χ1n) is 7.59. The number of aromatic amines is 1. The summed E-state index contributed by atoms with van der Waals surface area (Å²) in [6.07, 6.45) is 9.07. The fourth-order valence-corrected chi connectivity index (χ4v) is 3.09. The second kappa shape index (κ2) is 5.70. The lowest BCUT2D eigenvalue weighted by molar-refractivity contribution is 0.157. The molecule has 20 heavy (non-hydrogen) atoms. The van der Waals surface area contributed by atoms with Crippen molar-refractivity contribution in [1.82, 2.24) is 4.98 Å². The Labute approximate surface area is 119 Å². The summed E-state index contributed by atoms with van der Waals surface area (Å²) in [7, 11) is 0. The summed E-state index contributed by atoms with van der Waals surface area (Å²) < 4.78 is 6.21. The molecule has 106 valence electrons. The molecule has 1 heterocycles. The molecule has 0 bridgehead atoms. The topological polar surface area (TPSA) is 42.1 Å². The molecule has 1 aromatic heterocycles. The second-order valence-corrected chi connectivity index (χ2v) is 5.55. The van der Waals surface area contributed by atoms with E-state index < -0.39 is 0 Å². The van der Waals surface area contributed by atoms with Crippen molar-refractivity contribution in [2.24, 2.45) is 0 Å². The third-order valence-electron chi connectivity index (χ3n) is 4.20. The summed E-state index contributed by atoms with van der Waals surface area (Å²) in [4.78, 5) is 14.8. The van der Waals surface area contributed by atoms with Gasteiger partial charge in [0.2, 0.25) is 0 Å². The van der Waals surface area contributed by atoms with E-state index >= 15 is 0 Å². The first-order valence-corrected chi connectivity index (χ1v) is 7.59. The molecule has 0 atom stereocenters. The molecule has 0 radical (unpaired) electrons. The number of hydrogen-bond acceptors (Lipinski definition) is 2. The van der Waals surface area contributed by atoms with Crippen molar-refractivity contribution in [3.05, 3.63) is 40.3 Å². The molecule has 0 amide bonds.